The molecule has 1 saturated heterocycles. The number of esters is 1. The van der Waals surface area contributed by atoms with Crippen molar-refractivity contribution in [2.45, 2.75) is 25.7 Å². The smallest absolute Gasteiger partial charge is 0.309 e. The Bertz CT molecular complexity index is 377. The summed E-state index contributed by atoms with van der Waals surface area (Å²) in [4.78, 5) is 11.8. The summed E-state index contributed by atoms with van der Waals surface area (Å²) in [5, 5.41) is 0. The third-order valence-corrected chi connectivity index (χ3v) is 6.74. The fraction of sp³-hybridized carbons (Fsp3) is 0.929. The van der Waals surface area contributed by atoms with Crippen LogP contribution in [0.4, 0.5) is 0 Å². The molecule has 16 heavy (non-hydrogen) atoms. The monoisotopic (exact) mass is 218 g/mol. The van der Waals surface area contributed by atoms with Crippen molar-refractivity contribution in [3.05, 3.63) is 0 Å². The van der Waals surface area contributed by atoms with Gasteiger partial charge in [-0.3, -0.25) is 4.79 Å². The van der Waals surface area contributed by atoms with Crippen molar-refractivity contribution in [1.29, 1.82) is 0 Å². The molecule has 0 amide bonds. The van der Waals surface area contributed by atoms with Gasteiger partial charge in [-0.15, -0.1) is 0 Å². The maximum absolute atomic E-state index is 11.8. The second-order valence-electron chi connectivity index (χ2n) is 6.87. The van der Waals surface area contributed by atoms with Crippen LogP contribution in [0, 0.1) is 47.3 Å². The third kappa shape index (κ3) is 0.733. The highest BCUT2D eigenvalue weighted by Gasteiger charge is 2.68. The maximum Gasteiger partial charge on any atom is 0.309 e. The Morgan fingerprint density at radius 1 is 0.938 bits per heavy atom. The Kier molecular flexibility index (Phi) is 1.33. The van der Waals surface area contributed by atoms with Crippen molar-refractivity contribution in [2.24, 2.45) is 47.3 Å². The second kappa shape index (κ2) is 2.49. The predicted octanol–water partition coefficient (Wildman–Crippen LogP) is 2.09. The molecule has 0 spiro atoms. The number of fused-ring (bicyclic) bond motifs is 12. The van der Waals surface area contributed by atoms with Crippen LogP contribution in [0.25, 0.3) is 0 Å². The van der Waals surface area contributed by atoms with Crippen LogP contribution in [-0.2, 0) is 9.53 Å². The highest BCUT2D eigenvalue weighted by Crippen LogP contribution is 2.71. The van der Waals surface area contributed by atoms with Gasteiger partial charge in [-0.05, 0) is 61.2 Å². The largest absolute Gasteiger partial charge is 0.465 e. The molecule has 2 nitrogen and oxygen atoms in total. The number of carbonyl (C=O) groups excluding carboxylic acids is 1. The number of cyclic esters (lactones) is 1. The minimum atomic E-state index is 0.152. The van der Waals surface area contributed by atoms with Crippen LogP contribution in [0.1, 0.15) is 25.7 Å². The molecule has 86 valence electrons. The van der Waals surface area contributed by atoms with Gasteiger partial charge < -0.3 is 4.74 Å². The number of ether oxygens (including phenoxy) is 1. The van der Waals surface area contributed by atoms with Crippen LogP contribution in [0.5, 0.6) is 0 Å². The molecule has 0 aromatic heterocycles. The zero-order valence-corrected chi connectivity index (χ0v) is 9.47. The molecule has 4 bridgehead atoms. The molecular weight excluding hydrogens is 200 g/mol. The normalized spacial score (nSPS) is 64.9. The average Bonchev–Trinajstić information content (AvgIpc) is 2.99. The SMILES string of the molecule is O=C1OCC2C3C[C@@H](C12)C1C2CCC(C2)C31. The highest BCUT2D eigenvalue weighted by atomic mass is 16.5. The van der Waals surface area contributed by atoms with Crippen molar-refractivity contribution in [3.63, 3.8) is 0 Å². The van der Waals surface area contributed by atoms with Crippen molar-refractivity contribution < 1.29 is 9.53 Å². The lowest BCUT2D eigenvalue weighted by Crippen LogP contribution is -2.38. The summed E-state index contributed by atoms with van der Waals surface area (Å²) >= 11 is 0. The Balaban J connectivity index is 1.60. The van der Waals surface area contributed by atoms with E-state index in [1.165, 1.54) is 25.7 Å². The number of rotatable bonds is 0. The van der Waals surface area contributed by atoms with Crippen molar-refractivity contribution in [3.8, 4) is 0 Å². The Hall–Kier alpha value is -0.530. The van der Waals surface area contributed by atoms with Crippen LogP contribution in [-0.4, -0.2) is 12.6 Å². The number of hydrogen-bond acceptors (Lipinski definition) is 2. The minimum Gasteiger partial charge on any atom is -0.465 e. The first kappa shape index (κ1) is 8.54. The molecule has 7 unspecified atom stereocenters. The van der Waals surface area contributed by atoms with Crippen LogP contribution in [0.3, 0.4) is 0 Å². The van der Waals surface area contributed by atoms with Gasteiger partial charge in [-0.2, -0.15) is 0 Å². The first-order chi connectivity index (χ1) is 7.84. The summed E-state index contributed by atoms with van der Waals surface area (Å²) in [6, 6.07) is 0. The van der Waals surface area contributed by atoms with Crippen molar-refractivity contribution >= 4 is 5.97 Å². The fourth-order valence-corrected chi connectivity index (χ4v) is 6.56. The van der Waals surface area contributed by atoms with E-state index >= 15 is 0 Å². The van der Waals surface area contributed by atoms with Crippen LogP contribution in [0.2, 0.25) is 0 Å². The van der Waals surface area contributed by atoms with Gasteiger partial charge in [0.05, 0.1) is 12.5 Å². The lowest BCUT2D eigenvalue weighted by Gasteiger charge is -2.38. The summed E-state index contributed by atoms with van der Waals surface area (Å²) < 4.78 is 5.32. The average molecular weight is 218 g/mol. The van der Waals surface area contributed by atoms with Crippen molar-refractivity contribution in [1.82, 2.24) is 0 Å². The fourth-order valence-electron chi connectivity index (χ4n) is 6.56. The standard InChI is InChI=1S/C14H18O2/c15-14-13-9-4-8(10(13)5-16-14)11-6-1-2-7(3-6)12(9)11/h6-13H,1-5H2/t6?,7?,8?,9-,10?,11?,12?,13?/m1/s1. The van der Waals surface area contributed by atoms with E-state index in [0.29, 0.717) is 11.8 Å². The van der Waals surface area contributed by atoms with E-state index in [1.807, 2.05) is 0 Å². The van der Waals surface area contributed by atoms with Gasteiger partial charge in [0.25, 0.3) is 0 Å². The molecule has 5 aliphatic rings. The molecule has 0 N–H and O–H groups in total. The molecule has 0 radical (unpaired) electrons. The molecular formula is C14H18O2. The van der Waals surface area contributed by atoms with Crippen molar-refractivity contribution in [2.75, 3.05) is 6.61 Å². The Morgan fingerprint density at radius 2 is 1.69 bits per heavy atom. The van der Waals surface area contributed by atoms with Gasteiger partial charge in [0.1, 0.15) is 0 Å². The van der Waals surface area contributed by atoms with Gasteiger partial charge in [-0.1, -0.05) is 0 Å². The Labute approximate surface area is 95.7 Å². The Morgan fingerprint density at radius 3 is 2.50 bits per heavy atom. The zero-order chi connectivity index (χ0) is 10.4. The molecule has 8 atom stereocenters. The lowest BCUT2D eigenvalue weighted by atomic mass is 9.64. The second-order valence-corrected chi connectivity index (χ2v) is 6.87. The van der Waals surface area contributed by atoms with E-state index in [4.69, 9.17) is 4.74 Å². The lowest BCUT2D eigenvalue weighted by molar-refractivity contribution is -0.143. The molecule has 2 heteroatoms. The molecule has 1 heterocycles. The summed E-state index contributed by atoms with van der Waals surface area (Å²) in [5.74, 6) is 6.63. The summed E-state index contributed by atoms with van der Waals surface area (Å²) in [5.41, 5.74) is 0. The van der Waals surface area contributed by atoms with Crippen LogP contribution < -0.4 is 0 Å². The van der Waals surface area contributed by atoms with E-state index in [9.17, 15) is 4.79 Å². The first-order valence-electron chi connectivity index (χ1n) is 7.01. The molecule has 4 saturated carbocycles. The van der Waals surface area contributed by atoms with Gasteiger partial charge in [-0.25, -0.2) is 0 Å². The molecule has 0 aromatic carbocycles. The van der Waals surface area contributed by atoms with E-state index in [1.54, 1.807) is 0 Å². The quantitative estimate of drug-likeness (QED) is 0.459. The molecule has 0 aromatic rings. The zero-order valence-electron chi connectivity index (χ0n) is 9.47. The van der Waals surface area contributed by atoms with Gasteiger partial charge in [0.15, 0.2) is 0 Å². The van der Waals surface area contributed by atoms with Crippen LogP contribution >= 0.6 is 0 Å². The molecule has 5 rings (SSSR count). The maximum atomic E-state index is 11.8. The number of carbonyl (C=O) groups is 1. The topological polar surface area (TPSA) is 26.3 Å². The summed E-state index contributed by atoms with van der Waals surface area (Å²) in [7, 11) is 0. The van der Waals surface area contributed by atoms with Gasteiger partial charge >= 0.3 is 5.97 Å². The third-order valence-electron chi connectivity index (χ3n) is 6.74. The summed E-state index contributed by atoms with van der Waals surface area (Å²) in [6.45, 7) is 0.755. The van der Waals surface area contributed by atoms with Gasteiger partial charge in [0, 0.05) is 5.92 Å². The van der Waals surface area contributed by atoms with Gasteiger partial charge in [0.2, 0.25) is 0 Å². The van der Waals surface area contributed by atoms with E-state index in [0.717, 1.165) is 42.1 Å². The van der Waals surface area contributed by atoms with E-state index in [-0.39, 0.29) is 5.97 Å². The van der Waals surface area contributed by atoms with E-state index in [2.05, 4.69) is 0 Å². The van der Waals surface area contributed by atoms with Crippen LogP contribution in [0.15, 0.2) is 0 Å². The molecule has 1 aliphatic heterocycles. The molecule has 4 aliphatic carbocycles. The predicted molar refractivity (Wildman–Crippen MR) is 57.3 cm³/mol. The minimum absolute atomic E-state index is 0.152. The van der Waals surface area contributed by atoms with E-state index < -0.39 is 0 Å². The first-order valence-corrected chi connectivity index (χ1v) is 7.01. The summed E-state index contributed by atoms with van der Waals surface area (Å²) in [6.07, 6.45) is 5.81. The molecule has 5 fully saturated rings. The number of hydrogen-bond donors (Lipinski definition) is 0. The highest BCUT2D eigenvalue weighted by molar-refractivity contribution is 5.76.